The summed E-state index contributed by atoms with van der Waals surface area (Å²) in [6.45, 7) is 7.19. The molecule has 2 atom stereocenters. The number of rotatable bonds is 4. The molecule has 1 fully saturated rings. The number of β-amino-alcohol motifs (C(OH)–C–C–N with tert-alkyl or cyclic N) is 1. The van der Waals surface area contributed by atoms with Gasteiger partial charge in [-0.2, -0.15) is 0 Å². The summed E-state index contributed by atoms with van der Waals surface area (Å²) in [5.41, 5.74) is 0. The van der Waals surface area contributed by atoms with E-state index >= 15 is 0 Å². The van der Waals surface area contributed by atoms with Gasteiger partial charge in [0.1, 0.15) is 6.29 Å². The zero-order valence-corrected chi connectivity index (χ0v) is 11.7. The van der Waals surface area contributed by atoms with Gasteiger partial charge in [0.25, 0.3) is 0 Å². The maximum Gasteiger partial charge on any atom is 0.410 e. The smallest absolute Gasteiger partial charge is 0.410 e. The Labute approximate surface area is 103 Å². The fourth-order valence-corrected chi connectivity index (χ4v) is 2.42. The minimum absolute atomic E-state index is 0.190. The van der Waals surface area contributed by atoms with Gasteiger partial charge in [0.05, 0.1) is 25.3 Å². The second kappa shape index (κ2) is 5.64. The van der Waals surface area contributed by atoms with Gasteiger partial charge in [-0.15, -0.1) is 0 Å². The van der Waals surface area contributed by atoms with Gasteiger partial charge in [0, 0.05) is 14.5 Å². The third-order valence-corrected chi connectivity index (χ3v) is 4.49. The number of carbonyl (C=O) groups excluding carboxylic acids is 2. The SMILES string of the molecule is C[Si](C)(C)CCOC(=O)N1C[C@H](O)C[C@H]1C=O. The number of likely N-dealkylation sites (tertiary alicyclic amines) is 1. The number of aldehydes is 1. The number of carbonyl (C=O) groups is 2. The molecule has 1 amide bonds. The van der Waals surface area contributed by atoms with E-state index < -0.39 is 26.3 Å². The molecule has 0 unspecified atom stereocenters. The van der Waals surface area contributed by atoms with Crippen LogP contribution >= 0.6 is 0 Å². The molecule has 0 spiro atoms. The topological polar surface area (TPSA) is 66.8 Å². The summed E-state index contributed by atoms with van der Waals surface area (Å²) in [4.78, 5) is 23.7. The van der Waals surface area contributed by atoms with Crippen molar-refractivity contribution < 1.29 is 19.4 Å². The van der Waals surface area contributed by atoms with Gasteiger partial charge in [0.15, 0.2) is 0 Å². The summed E-state index contributed by atoms with van der Waals surface area (Å²) < 4.78 is 5.13. The van der Waals surface area contributed by atoms with Crippen LogP contribution in [0.3, 0.4) is 0 Å². The Morgan fingerprint density at radius 3 is 2.71 bits per heavy atom. The molecule has 6 heteroatoms. The Bertz CT molecular complexity index is 290. The quantitative estimate of drug-likeness (QED) is 0.606. The number of hydrogen-bond acceptors (Lipinski definition) is 4. The molecule has 1 heterocycles. The first-order valence-corrected chi connectivity index (χ1v) is 9.61. The van der Waals surface area contributed by atoms with Crippen LogP contribution in [0.1, 0.15) is 6.42 Å². The molecule has 1 saturated heterocycles. The molecule has 1 aliphatic heterocycles. The van der Waals surface area contributed by atoms with E-state index in [0.717, 1.165) is 6.04 Å². The van der Waals surface area contributed by atoms with Crippen molar-refractivity contribution in [3.8, 4) is 0 Å². The van der Waals surface area contributed by atoms with E-state index in [9.17, 15) is 14.7 Å². The Morgan fingerprint density at radius 2 is 2.18 bits per heavy atom. The third-order valence-electron chi connectivity index (χ3n) is 2.79. The van der Waals surface area contributed by atoms with Gasteiger partial charge in [-0.3, -0.25) is 4.90 Å². The van der Waals surface area contributed by atoms with Gasteiger partial charge >= 0.3 is 6.09 Å². The van der Waals surface area contributed by atoms with E-state index in [-0.39, 0.29) is 6.54 Å². The number of ether oxygens (including phenoxy) is 1. The molecule has 5 nitrogen and oxygen atoms in total. The first kappa shape index (κ1) is 14.2. The van der Waals surface area contributed by atoms with Crippen molar-refractivity contribution in [1.29, 1.82) is 0 Å². The van der Waals surface area contributed by atoms with Crippen molar-refractivity contribution in [2.75, 3.05) is 13.2 Å². The Balaban J connectivity index is 2.39. The lowest BCUT2D eigenvalue weighted by Crippen LogP contribution is -2.38. The van der Waals surface area contributed by atoms with Crippen molar-refractivity contribution in [3.63, 3.8) is 0 Å². The van der Waals surface area contributed by atoms with Crippen molar-refractivity contribution >= 4 is 20.5 Å². The Morgan fingerprint density at radius 1 is 1.53 bits per heavy atom. The first-order valence-electron chi connectivity index (χ1n) is 5.90. The van der Waals surface area contributed by atoms with E-state index in [1.807, 2.05) is 0 Å². The zero-order chi connectivity index (χ0) is 13.1. The average Bonchev–Trinajstić information content (AvgIpc) is 2.57. The molecule has 1 aliphatic rings. The largest absolute Gasteiger partial charge is 0.450 e. The van der Waals surface area contributed by atoms with Crippen LogP contribution in [0.5, 0.6) is 0 Å². The van der Waals surface area contributed by atoms with Crippen LogP contribution in [0, 0.1) is 0 Å². The van der Waals surface area contributed by atoms with Crippen LogP contribution in [-0.2, 0) is 9.53 Å². The lowest BCUT2D eigenvalue weighted by Gasteiger charge is -2.21. The minimum Gasteiger partial charge on any atom is -0.450 e. The molecule has 0 radical (unpaired) electrons. The fraction of sp³-hybridized carbons (Fsp3) is 0.818. The molecule has 0 aliphatic carbocycles. The predicted molar refractivity (Wildman–Crippen MR) is 66.7 cm³/mol. The lowest BCUT2D eigenvalue weighted by atomic mass is 10.2. The van der Waals surface area contributed by atoms with E-state index in [1.165, 1.54) is 4.90 Å². The maximum atomic E-state index is 11.7. The zero-order valence-electron chi connectivity index (χ0n) is 10.7. The molecule has 1 rings (SSSR count). The molecule has 17 heavy (non-hydrogen) atoms. The lowest BCUT2D eigenvalue weighted by molar-refractivity contribution is -0.111. The fourth-order valence-electron chi connectivity index (χ4n) is 1.71. The number of hydrogen-bond donors (Lipinski definition) is 1. The van der Waals surface area contributed by atoms with Crippen LogP contribution in [0.4, 0.5) is 4.79 Å². The molecule has 0 bridgehead atoms. The summed E-state index contributed by atoms with van der Waals surface area (Å²) >= 11 is 0. The highest BCUT2D eigenvalue weighted by atomic mass is 28.3. The van der Waals surface area contributed by atoms with Crippen molar-refractivity contribution in [1.82, 2.24) is 4.90 Å². The second-order valence-electron chi connectivity index (χ2n) is 5.67. The van der Waals surface area contributed by atoms with Crippen molar-refractivity contribution in [2.24, 2.45) is 0 Å². The number of aliphatic hydroxyl groups excluding tert-OH is 1. The summed E-state index contributed by atoms with van der Waals surface area (Å²) in [7, 11) is -1.22. The highest BCUT2D eigenvalue weighted by molar-refractivity contribution is 6.76. The molecule has 1 N–H and O–H groups in total. The predicted octanol–water partition coefficient (Wildman–Crippen LogP) is 1.10. The Kier molecular flexibility index (Phi) is 4.70. The van der Waals surface area contributed by atoms with Crippen LogP contribution in [0.25, 0.3) is 0 Å². The number of amides is 1. The van der Waals surface area contributed by atoms with Crippen LogP contribution in [0.15, 0.2) is 0 Å². The number of nitrogens with zero attached hydrogens (tertiary/aromatic N) is 1. The molecule has 0 aromatic rings. The maximum absolute atomic E-state index is 11.7. The summed E-state index contributed by atoms with van der Waals surface area (Å²) in [5, 5.41) is 9.40. The molecule has 0 aromatic carbocycles. The van der Waals surface area contributed by atoms with E-state index in [0.29, 0.717) is 19.3 Å². The van der Waals surface area contributed by atoms with Gasteiger partial charge in [-0.05, 0) is 6.04 Å². The summed E-state index contributed by atoms with van der Waals surface area (Å²) in [5.74, 6) is 0. The molecule has 0 saturated carbocycles. The van der Waals surface area contributed by atoms with Crippen LogP contribution in [-0.4, -0.2) is 55.8 Å². The molecule has 98 valence electrons. The summed E-state index contributed by atoms with van der Waals surface area (Å²) in [6, 6.07) is 0.366. The second-order valence-corrected chi connectivity index (χ2v) is 11.3. The van der Waals surface area contributed by atoms with Gasteiger partial charge < -0.3 is 14.6 Å². The van der Waals surface area contributed by atoms with Crippen molar-refractivity contribution in [3.05, 3.63) is 0 Å². The standard InChI is InChI=1S/C11H21NO4Si/c1-17(2,3)5-4-16-11(15)12-7-10(14)6-9(12)8-13/h8-10,14H,4-7H2,1-3H3/t9-,10+/m0/s1. The summed E-state index contributed by atoms with van der Waals surface area (Å²) in [6.07, 6.45) is -0.102. The van der Waals surface area contributed by atoms with Crippen molar-refractivity contribution in [2.45, 2.75) is 44.3 Å². The molecule has 0 aromatic heterocycles. The van der Waals surface area contributed by atoms with E-state index in [4.69, 9.17) is 4.74 Å². The van der Waals surface area contributed by atoms with Gasteiger partial charge in [0.2, 0.25) is 0 Å². The molecular formula is C11H21NO4Si. The van der Waals surface area contributed by atoms with Crippen LogP contribution in [0.2, 0.25) is 25.7 Å². The average molecular weight is 259 g/mol. The van der Waals surface area contributed by atoms with Crippen LogP contribution < -0.4 is 0 Å². The minimum atomic E-state index is -1.22. The first-order chi connectivity index (χ1) is 7.83. The highest BCUT2D eigenvalue weighted by Gasteiger charge is 2.35. The molecular weight excluding hydrogens is 238 g/mol. The normalized spacial score (nSPS) is 24.8. The van der Waals surface area contributed by atoms with E-state index in [1.54, 1.807) is 0 Å². The Hall–Kier alpha value is -0.883. The van der Waals surface area contributed by atoms with Gasteiger partial charge in [-0.1, -0.05) is 19.6 Å². The highest BCUT2D eigenvalue weighted by Crippen LogP contribution is 2.17. The third kappa shape index (κ3) is 4.47. The van der Waals surface area contributed by atoms with Gasteiger partial charge in [-0.25, -0.2) is 4.79 Å². The monoisotopic (exact) mass is 259 g/mol. The van der Waals surface area contributed by atoms with E-state index in [2.05, 4.69) is 19.6 Å². The number of aliphatic hydroxyl groups is 1.